The lowest BCUT2D eigenvalue weighted by Crippen LogP contribution is -2.43. The summed E-state index contributed by atoms with van der Waals surface area (Å²) in [4.78, 5) is 24.5. The van der Waals surface area contributed by atoms with Gasteiger partial charge in [0.15, 0.2) is 0 Å². The number of hydrogen-bond acceptors (Lipinski definition) is 2. The number of rotatable bonds is 6. The summed E-state index contributed by atoms with van der Waals surface area (Å²) in [7, 11) is 0. The average Bonchev–Trinajstić information content (AvgIpc) is 3.16. The second-order valence-electron chi connectivity index (χ2n) is 7.13. The summed E-state index contributed by atoms with van der Waals surface area (Å²) in [6, 6.07) is 17.8. The lowest BCUT2D eigenvalue weighted by molar-refractivity contribution is -0.120. The van der Waals surface area contributed by atoms with Crippen LogP contribution in [0.25, 0.3) is 0 Å². The first kappa shape index (κ1) is 18.2. The Morgan fingerprint density at radius 2 is 1.58 bits per heavy atom. The average molecular weight is 350 g/mol. The van der Waals surface area contributed by atoms with Crippen molar-refractivity contribution in [2.75, 3.05) is 13.1 Å². The van der Waals surface area contributed by atoms with Crippen molar-refractivity contribution in [3.05, 3.63) is 71.3 Å². The molecule has 1 saturated carbocycles. The monoisotopic (exact) mass is 350 g/mol. The molecule has 4 nitrogen and oxygen atoms in total. The number of amides is 2. The van der Waals surface area contributed by atoms with Gasteiger partial charge in [0.1, 0.15) is 0 Å². The fourth-order valence-corrected chi connectivity index (χ4v) is 3.82. The van der Waals surface area contributed by atoms with Crippen molar-refractivity contribution in [1.82, 2.24) is 10.6 Å². The Labute approximate surface area is 155 Å². The molecule has 0 bridgehead atoms. The Bertz CT molecular complexity index is 765. The Kier molecular flexibility index (Phi) is 5.71. The van der Waals surface area contributed by atoms with Gasteiger partial charge in [0.2, 0.25) is 5.91 Å². The quantitative estimate of drug-likeness (QED) is 0.839. The van der Waals surface area contributed by atoms with E-state index in [1.807, 2.05) is 31.2 Å². The minimum atomic E-state index is -0.211. The van der Waals surface area contributed by atoms with Crippen LogP contribution in [0.3, 0.4) is 0 Å². The zero-order valence-corrected chi connectivity index (χ0v) is 15.3. The summed E-state index contributed by atoms with van der Waals surface area (Å²) in [5.41, 5.74) is 2.83. The molecule has 1 fully saturated rings. The van der Waals surface area contributed by atoms with Gasteiger partial charge in [-0.15, -0.1) is 0 Å². The lowest BCUT2D eigenvalue weighted by atomic mass is 9.79. The molecule has 0 saturated heterocycles. The Hall–Kier alpha value is -2.62. The zero-order chi connectivity index (χ0) is 18.4. The first-order chi connectivity index (χ1) is 12.6. The predicted octanol–water partition coefficient (Wildman–Crippen LogP) is 3.35. The molecule has 0 heterocycles. The van der Waals surface area contributed by atoms with Crippen LogP contribution in [-0.4, -0.2) is 24.9 Å². The molecule has 4 heteroatoms. The van der Waals surface area contributed by atoms with Crippen LogP contribution in [0, 0.1) is 6.92 Å². The number of nitrogens with one attached hydrogen (secondary N) is 2. The molecule has 1 aliphatic carbocycles. The molecule has 0 aliphatic heterocycles. The highest BCUT2D eigenvalue weighted by atomic mass is 16.2. The van der Waals surface area contributed by atoms with Crippen LogP contribution in [-0.2, 0) is 10.2 Å². The van der Waals surface area contributed by atoms with Crippen LogP contribution in [0.1, 0.15) is 47.2 Å². The molecule has 26 heavy (non-hydrogen) atoms. The van der Waals surface area contributed by atoms with Crippen LogP contribution in [0.4, 0.5) is 0 Å². The van der Waals surface area contributed by atoms with Gasteiger partial charge in [0.25, 0.3) is 5.91 Å². The fourth-order valence-electron chi connectivity index (χ4n) is 3.82. The maximum Gasteiger partial charge on any atom is 0.251 e. The van der Waals surface area contributed by atoms with Gasteiger partial charge in [-0.1, -0.05) is 61.4 Å². The standard InChI is InChI=1S/C22H26N2O2/c1-17-9-5-6-12-19(17)21(26)23-15-20(25)24-16-22(13-7-8-14-22)18-10-3-2-4-11-18/h2-6,9-12H,7-8,13-16H2,1H3,(H,23,26)(H,24,25). The molecule has 0 unspecified atom stereocenters. The van der Waals surface area contributed by atoms with E-state index in [2.05, 4.69) is 34.9 Å². The van der Waals surface area contributed by atoms with Gasteiger partial charge in [-0.05, 0) is 37.0 Å². The van der Waals surface area contributed by atoms with E-state index < -0.39 is 0 Å². The largest absolute Gasteiger partial charge is 0.354 e. The van der Waals surface area contributed by atoms with Crippen LogP contribution in [0.2, 0.25) is 0 Å². The van der Waals surface area contributed by atoms with E-state index in [-0.39, 0.29) is 23.8 Å². The van der Waals surface area contributed by atoms with Crippen molar-refractivity contribution in [2.24, 2.45) is 0 Å². The molecule has 1 aliphatic rings. The van der Waals surface area contributed by atoms with Gasteiger partial charge in [0, 0.05) is 17.5 Å². The minimum Gasteiger partial charge on any atom is -0.354 e. The van der Waals surface area contributed by atoms with Crippen molar-refractivity contribution >= 4 is 11.8 Å². The summed E-state index contributed by atoms with van der Waals surface area (Å²) in [5.74, 6) is -0.356. The van der Waals surface area contributed by atoms with Crippen LogP contribution in [0.15, 0.2) is 54.6 Å². The number of carbonyl (C=O) groups excluding carboxylic acids is 2. The van der Waals surface area contributed by atoms with Gasteiger partial charge in [-0.3, -0.25) is 9.59 Å². The molecular weight excluding hydrogens is 324 g/mol. The highest BCUT2D eigenvalue weighted by Gasteiger charge is 2.35. The van der Waals surface area contributed by atoms with E-state index in [0.717, 1.165) is 18.4 Å². The van der Waals surface area contributed by atoms with Gasteiger partial charge >= 0.3 is 0 Å². The maximum atomic E-state index is 12.3. The number of benzene rings is 2. The Balaban J connectivity index is 1.55. The molecule has 3 rings (SSSR count). The van der Waals surface area contributed by atoms with E-state index in [9.17, 15) is 9.59 Å². The van der Waals surface area contributed by atoms with Crippen LogP contribution < -0.4 is 10.6 Å². The van der Waals surface area contributed by atoms with Gasteiger partial charge in [-0.25, -0.2) is 0 Å². The smallest absolute Gasteiger partial charge is 0.251 e. The summed E-state index contributed by atoms with van der Waals surface area (Å²) < 4.78 is 0. The van der Waals surface area contributed by atoms with E-state index in [0.29, 0.717) is 12.1 Å². The molecule has 2 amide bonds. The second-order valence-corrected chi connectivity index (χ2v) is 7.13. The first-order valence-electron chi connectivity index (χ1n) is 9.27. The highest BCUT2D eigenvalue weighted by molar-refractivity contribution is 5.97. The summed E-state index contributed by atoms with van der Waals surface area (Å²) in [5, 5.41) is 5.75. The van der Waals surface area contributed by atoms with E-state index in [1.54, 1.807) is 6.07 Å². The van der Waals surface area contributed by atoms with Crippen molar-refractivity contribution in [2.45, 2.75) is 38.0 Å². The molecule has 136 valence electrons. The predicted molar refractivity (Wildman–Crippen MR) is 103 cm³/mol. The van der Waals surface area contributed by atoms with E-state index >= 15 is 0 Å². The van der Waals surface area contributed by atoms with E-state index in [1.165, 1.54) is 18.4 Å². The molecule has 2 aromatic carbocycles. The lowest BCUT2D eigenvalue weighted by Gasteiger charge is -2.30. The summed E-state index contributed by atoms with van der Waals surface area (Å²) in [6.45, 7) is 2.51. The highest BCUT2D eigenvalue weighted by Crippen LogP contribution is 2.40. The number of carbonyl (C=O) groups is 2. The molecule has 0 atom stereocenters. The molecule has 0 radical (unpaired) electrons. The maximum absolute atomic E-state index is 12.3. The van der Waals surface area contributed by atoms with Crippen molar-refractivity contribution < 1.29 is 9.59 Å². The van der Waals surface area contributed by atoms with Crippen molar-refractivity contribution in [3.8, 4) is 0 Å². The number of aryl methyl sites for hydroxylation is 1. The fraction of sp³-hybridized carbons (Fsp3) is 0.364. The Morgan fingerprint density at radius 1 is 0.923 bits per heavy atom. The van der Waals surface area contributed by atoms with Gasteiger partial charge in [-0.2, -0.15) is 0 Å². The zero-order valence-electron chi connectivity index (χ0n) is 15.3. The molecule has 0 spiro atoms. The summed E-state index contributed by atoms with van der Waals surface area (Å²) >= 11 is 0. The topological polar surface area (TPSA) is 58.2 Å². The third kappa shape index (κ3) is 4.13. The van der Waals surface area contributed by atoms with Crippen LogP contribution in [0.5, 0.6) is 0 Å². The number of hydrogen-bond donors (Lipinski definition) is 2. The molecular formula is C22H26N2O2. The van der Waals surface area contributed by atoms with Crippen LogP contribution >= 0.6 is 0 Å². The van der Waals surface area contributed by atoms with Crippen molar-refractivity contribution in [3.63, 3.8) is 0 Å². The van der Waals surface area contributed by atoms with E-state index in [4.69, 9.17) is 0 Å². The Morgan fingerprint density at radius 3 is 2.27 bits per heavy atom. The minimum absolute atomic E-state index is 0.00195. The summed E-state index contributed by atoms with van der Waals surface area (Å²) in [6.07, 6.45) is 4.56. The van der Waals surface area contributed by atoms with Gasteiger partial charge < -0.3 is 10.6 Å². The molecule has 2 aromatic rings. The molecule has 0 aromatic heterocycles. The normalized spacial score (nSPS) is 15.4. The molecule has 2 N–H and O–H groups in total. The second kappa shape index (κ2) is 8.17. The third-order valence-electron chi connectivity index (χ3n) is 5.37. The first-order valence-corrected chi connectivity index (χ1v) is 9.27. The third-order valence-corrected chi connectivity index (χ3v) is 5.37. The van der Waals surface area contributed by atoms with Crippen molar-refractivity contribution in [1.29, 1.82) is 0 Å². The van der Waals surface area contributed by atoms with Gasteiger partial charge in [0.05, 0.1) is 6.54 Å². The SMILES string of the molecule is Cc1ccccc1C(=O)NCC(=O)NCC1(c2ccccc2)CCCC1.